The lowest BCUT2D eigenvalue weighted by Gasteiger charge is -2.18. The Morgan fingerprint density at radius 2 is 1.69 bits per heavy atom. The van der Waals surface area contributed by atoms with E-state index in [1.165, 1.54) is 19.3 Å². The molecule has 1 unspecified atom stereocenters. The molecule has 0 aromatic carbocycles. The van der Waals surface area contributed by atoms with Crippen LogP contribution in [-0.4, -0.2) is 46.7 Å². The second kappa shape index (κ2) is 18.9. The summed E-state index contributed by atoms with van der Waals surface area (Å²) in [6.45, 7) is 2.13. The van der Waals surface area contributed by atoms with E-state index < -0.39 is 12.1 Å². The first-order valence-electron chi connectivity index (χ1n) is 10.4. The molecule has 26 heavy (non-hydrogen) atoms. The van der Waals surface area contributed by atoms with Crippen LogP contribution in [0.2, 0.25) is 0 Å². The monoisotopic (exact) mass is 372 g/mol. The van der Waals surface area contributed by atoms with Crippen LogP contribution in [0.4, 0.5) is 0 Å². The van der Waals surface area contributed by atoms with Crippen LogP contribution in [0.3, 0.4) is 0 Å². The van der Waals surface area contributed by atoms with E-state index >= 15 is 0 Å². The molecule has 154 valence electrons. The topological polar surface area (TPSA) is 87.0 Å². The van der Waals surface area contributed by atoms with Crippen molar-refractivity contribution in [3.05, 3.63) is 12.2 Å². The zero-order valence-electron chi connectivity index (χ0n) is 16.6. The molecule has 0 heterocycles. The molecular weight excluding hydrogens is 332 g/mol. The van der Waals surface area contributed by atoms with E-state index in [1.807, 2.05) is 0 Å². The predicted octanol–water partition coefficient (Wildman–Crippen LogP) is 4.46. The van der Waals surface area contributed by atoms with Gasteiger partial charge in [-0.2, -0.15) is 0 Å². The number of carboxylic acids is 1. The van der Waals surface area contributed by atoms with Crippen LogP contribution in [0.1, 0.15) is 90.4 Å². The van der Waals surface area contributed by atoms with Crippen LogP contribution in [0.5, 0.6) is 0 Å². The summed E-state index contributed by atoms with van der Waals surface area (Å²) in [5.41, 5.74) is 0. The number of hydrogen-bond acceptors (Lipinski definition) is 4. The fraction of sp³-hybridized carbons (Fsp3) is 0.857. The number of allylic oxidation sites excluding steroid dienone is 1. The summed E-state index contributed by atoms with van der Waals surface area (Å²) < 4.78 is 5.76. The second-order valence-corrected chi connectivity index (χ2v) is 7.05. The first kappa shape index (κ1) is 25.1. The minimum Gasteiger partial charge on any atom is -0.481 e. The summed E-state index contributed by atoms with van der Waals surface area (Å²) >= 11 is 0. The second-order valence-electron chi connectivity index (χ2n) is 7.05. The van der Waals surface area contributed by atoms with E-state index in [9.17, 15) is 9.90 Å². The van der Waals surface area contributed by atoms with Crippen molar-refractivity contribution in [2.75, 3.05) is 13.2 Å². The van der Waals surface area contributed by atoms with Crippen molar-refractivity contribution < 1.29 is 24.9 Å². The lowest BCUT2D eigenvalue weighted by molar-refractivity contribution is -0.137. The largest absolute Gasteiger partial charge is 0.481 e. The maximum absolute atomic E-state index is 10.4. The number of carboxylic acid groups (broad SMARTS) is 1. The van der Waals surface area contributed by atoms with Gasteiger partial charge in [0.15, 0.2) is 0 Å². The number of aliphatic hydroxyl groups excluding tert-OH is 2. The molecule has 5 heteroatoms. The molecular formula is C21H40O5. The Morgan fingerprint density at radius 3 is 2.38 bits per heavy atom. The highest BCUT2D eigenvalue weighted by atomic mass is 16.5. The molecule has 0 amide bonds. The summed E-state index contributed by atoms with van der Waals surface area (Å²) in [7, 11) is 0. The van der Waals surface area contributed by atoms with E-state index in [0.29, 0.717) is 0 Å². The van der Waals surface area contributed by atoms with Gasteiger partial charge in [-0.15, -0.1) is 0 Å². The molecule has 0 aliphatic rings. The van der Waals surface area contributed by atoms with Crippen LogP contribution in [0.25, 0.3) is 0 Å². The van der Waals surface area contributed by atoms with Gasteiger partial charge in [0.2, 0.25) is 0 Å². The van der Waals surface area contributed by atoms with Gasteiger partial charge in [0, 0.05) is 6.42 Å². The van der Waals surface area contributed by atoms with E-state index in [2.05, 4.69) is 19.1 Å². The first-order chi connectivity index (χ1) is 12.6. The summed E-state index contributed by atoms with van der Waals surface area (Å²) in [6.07, 6.45) is 16.8. The summed E-state index contributed by atoms with van der Waals surface area (Å²) in [6, 6.07) is 0. The number of rotatable bonds is 19. The molecule has 0 aliphatic heterocycles. The highest BCUT2D eigenvalue weighted by Crippen LogP contribution is 2.13. The van der Waals surface area contributed by atoms with Gasteiger partial charge in [0.25, 0.3) is 0 Å². The Balaban J connectivity index is 3.82. The number of aliphatic hydroxyl groups is 2. The molecule has 0 rings (SSSR count). The summed E-state index contributed by atoms with van der Waals surface area (Å²) in [5.74, 6) is -0.703. The third-order valence-electron chi connectivity index (χ3n) is 4.44. The van der Waals surface area contributed by atoms with Gasteiger partial charge in [-0.25, -0.2) is 0 Å². The highest BCUT2D eigenvalue weighted by Gasteiger charge is 2.10. The van der Waals surface area contributed by atoms with Crippen molar-refractivity contribution >= 4 is 5.97 Å². The van der Waals surface area contributed by atoms with E-state index in [1.54, 1.807) is 0 Å². The maximum atomic E-state index is 10.4. The van der Waals surface area contributed by atoms with Crippen molar-refractivity contribution in [1.82, 2.24) is 0 Å². The van der Waals surface area contributed by atoms with Gasteiger partial charge in [-0.1, -0.05) is 64.0 Å². The number of hydrogen-bond donors (Lipinski definition) is 3. The fourth-order valence-electron chi connectivity index (χ4n) is 2.80. The Kier molecular flexibility index (Phi) is 18.2. The van der Waals surface area contributed by atoms with Crippen molar-refractivity contribution in [1.29, 1.82) is 0 Å². The molecule has 0 fully saturated rings. The fourth-order valence-corrected chi connectivity index (χ4v) is 2.80. The van der Waals surface area contributed by atoms with E-state index in [4.69, 9.17) is 14.9 Å². The molecule has 5 nitrogen and oxygen atoms in total. The normalized spacial score (nSPS) is 14.0. The van der Waals surface area contributed by atoms with Crippen molar-refractivity contribution in [3.63, 3.8) is 0 Å². The van der Waals surface area contributed by atoms with Crippen LogP contribution in [0.15, 0.2) is 12.2 Å². The summed E-state index contributed by atoms with van der Waals surface area (Å²) in [5, 5.41) is 26.9. The van der Waals surface area contributed by atoms with Gasteiger partial charge in [0.05, 0.1) is 19.3 Å². The highest BCUT2D eigenvalue weighted by molar-refractivity contribution is 5.66. The van der Waals surface area contributed by atoms with Crippen molar-refractivity contribution in [2.24, 2.45) is 0 Å². The molecule has 0 aromatic rings. The molecule has 0 saturated heterocycles. The quantitative estimate of drug-likeness (QED) is 0.230. The van der Waals surface area contributed by atoms with Gasteiger partial charge in [0.1, 0.15) is 6.10 Å². The maximum Gasteiger partial charge on any atom is 0.303 e. The Bertz CT molecular complexity index is 343. The van der Waals surface area contributed by atoms with E-state index in [0.717, 1.165) is 57.8 Å². The average Bonchev–Trinajstić information content (AvgIpc) is 2.63. The molecule has 0 spiro atoms. The molecule has 0 aliphatic carbocycles. The molecule has 0 radical (unpaired) electrons. The molecule has 2 atom stereocenters. The summed E-state index contributed by atoms with van der Waals surface area (Å²) in [4.78, 5) is 10.4. The molecule has 3 N–H and O–H groups in total. The van der Waals surface area contributed by atoms with Crippen molar-refractivity contribution in [2.45, 2.75) is 103 Å². The number of unbranched alkanes of at least 4 members (excludes halogenated alkanes) is 8. The van der Waals surface area contributed by atoms with Gasteiger partial charge in [-0.05, 0) is 32.1 Å². The number of carbonyl (C=O) groups is 1. The molecule has 0 bridgehead atoms. The smallest absolute Gasteiger partial charge is 0.303 e. The average molecular weight is 373 g/mol. The van der Waals surface area contributed by atoms with Crippen LogP contribution in [-0.2, 0) is 9.53 Å². The zero-order valence-corrected chi connectivity index (χ0v) is 16.6. The van der Waals surface area contributed by atoms with Crippen LogP contribution < -0.4 is 0 Å². The number of aliphatic carboxylic acids is 1. The Hall–Kier alpha value is -0.910. The van der Waals surface area contributed by atoms with Crippen molar-refractivity contribution in [3.8, 4) is 0 Å². The minimum atomic E-state index is -0.793. The first-order valence-corrected chi connectivity index (χ1v) is 10.4. The zero-order chi connectivity index (χ0) is 19.5. The third kappa shape index (κ3) is 17.9. The van der Waals surface area contributed by atoms with E-state index in [-0.39, 0.29) is 25.7 Å². The van der Waals surface area contributed by atoms with Gasteiger partial charge >= 0.3 is 5.97 Å². The predicted molar refractivity (Wildman–Crippen MR) is 105 cm³/mol. The van der Waals surface area contributed by atoms with Crippen LogP contribution in [0, 0.1) is 0 Å². The van der Waals surface area contributed by atoms with Crippen LogP contribution >= 0.6 is 0 Å². The number of ether oxygens (including phenoxy) is 1. The van der Waals surface area contributed by atoms with Gasteiger partial charge < -0.3 is 20.1 Å². The molecule has 0 saturated carbocycles. The third-order valence-corrected chi connectivity index (χ3v) is 4.44. The Labute approximate surface area is 159 Å². The lowest BCUT2D eigenvalue weighted by atomic mass is 10.1. The van der Waals surface area contributed by atoms with Gasteiger partial charge in [-0.3, -0.25) is 4.79 Å². The minimum absolute atomic E-state index is 0.111. The SMILES string of the molecule is CCCCCC[C@H](CC=CCCCCCCCC(=O)O)OCC(O)CO. The molecule has 0 aromatic heterocycles. The lowest BCUT2D eigenvalue weighted by Crippen LogP contribution is -2.24. The standard InChI is InChI=1S/C21H40O5/c1-2-3-4-11-14-20(26-18-19(23)17-22)15-12-9-7-5-6-8-10-13-16-21(24)25/h9,12,19-20,22-23H,2-8,10-11,13-18H2,1H3,(H,24,25)/t19?,20-/m1/s1. The Morgan fingerprint density at radius 1 is 1.00 bits per heavy atom.